The number of piperidine rings is 1. The number of nitrogens with zero attached hydrogens (tertiary/aromatic N) is 1. The molecule has 1 amide bonds. The fourth-order valence-electron chi connectivity index (χ4n) is 3.16. The summed E-state index contributed by atoms with van der Waals surface area (Å²) >= 11 is 1.43. The minimum atomic E-state index is 0.0583. The van der Waals surface area contributed by atoms with E-state index < -0.39 is 0 Å². The molecule has 1 aromatic carbocycles. The first-order chi connectivity index (χ1) is 12.7. The van der Waals surface area contributed by atoms with E-state index in [1.165, 1.54) is 11.3 Å². The van der Waals surface area contributed by atoms with Crippen LogP contribution in [-0.2, 0) is 4.79 Å². The number of methoxy groups -OCH3 is 1. The third-order valence-corrected chi connectivity index (χ3v) is 5.56. The Hall–Kier alpha value is -2.34. The van der Waals surface area contributed by atoms with Gasteiger partial charge in [0.25, 0.3) is 0 Å². The molecule has 1 saturated heterocycles. The van der Waals surface area contributed by atoms with Gasteiger partial charge in [-0.05, 0) is 36.4 Å². The van der Waals surface area contributed by atoms with Gasteiger partial charge in [-0.3, -0.25) is 9.59 Å². The summed E-state index contributed by atoms with van der Waals surface area (Å²) in [5.41, 5.74) is 1.04. The number of hydrogen-bond donors (Lipinski definition) is 1. The number of Topliss-reactive ketones (excluding diaryl/α,β-unsaturated/α-hetero) is 1. The minimum absolute atomic E-state index is 0.0583. The fourth-order valence-corrected chi connectivity index (χ4v) is 3.86. The number of carbonyl (C=O) groups is 2. The molecule has 1 fully saturated rings. The second-order valence-corrected chi connectivity index (χ2v) is 7.38. The van der Waals surface area contributed by atoms with Crippen LogP contribution in [0.15, 0.2) is 41.8 Å². The number of carbonyl (C=O) groups excluding carboxylic acids is 2. The van der Waals surface area contributed by atoms with Crippen LogP contribution in [0.5, 0.6) is 5.75 Å². The Bertz CT molecular complexity index is 737. The van der Waals surface area contributed by atoms with E-state index in [9.17, 15) is 9.59 Å². The van der Waals surface area contributed by atoms with E-state index in [0.29, 0.717) is 18.9 Å². The van der Waals surface area contributed by atoms with E-state index >= 15 is 0 Å². The lowest BCUT2D eigenvalue weighted by Gasteiger charge is -2.33. The van der Waals surface area contributed by atoms with Crippen molar-refractivity contribution >= 4 is 28.7 Å². The molecule has 1 aliphatic heterocycles. The SMILES string of the molecule is COc1cccc(NC2CCN(C(=O)CCC(=O)c3cccs3)CC2)c1. The predicted octanol–water partition coefficient (Wildman–Crippen LogP) is 3.82. The van der Waals surface area contributed by atoms with E-state index in [2.05, 4.69) is 5.32 Å². The molecule has 138 valence electrons. The number of benzene rings is 1. The summed E-state index contributed by atoms with van der Waals surface area (Å²) in [6.07, 6.45) is 2.40. The Balaban J connectivity index is 1.42. The Morgan fingerprint density at radius 3 is 2.69 bits per heavy atom. The normalized spacial score (nSPS) is 14.9. The van der Waals surface area contributed by atoms with Crippen molar-refractivity contribution in [3.63, 3.8) is 0 Å². The molecule has 0 saturated carbocycles. The van der Waals surface area contributed by atoms with Crippen molar-refractivity contribution in [3.05, 3.63) is 46.7 Å². The fraction of sp³-hybridized carbons (Fsp3) is 0.400. The van der Waals surface area contributed by atoms with Gasteiger partial charge >= 0.3 is 0 Å². The average Bonchev–Trinajstić information content (AvgIpc) is 3.21. The Morgan fingerprint density at radius 1 is 1.19 bits per heavy atom. The summed E-state index contributed by atoms with van der Waals surface area (Å²) in [6, 6.07) is 11.9. The average molecular weight is 372 g/mol. The summed E-state index contributed by atoms with van der Waals surface area (Å²) in [5, 5.41) is 5.40. The first-order valence-corrected chi connectivity index (χ1v) is 9.79. The highest BCUT2D eigenvalue weighted by molar-refractivity contribution is 7.12. The zero-order chi connectivity index (χ0) is 18.4. The summed E-state index contributed by atoms with van der Waals surface area (Å²) in [7, 11) is 1.66. The molecule has 1 aliphatic rings. The smallest absolute Gasteiger partial charge is 0.223 e. The molecule has 0 spiro atoms. The van der Waals surface area contributed by atoms with E-state index in [1.807, 2.05) is 46.7 Å². The number of likely N-dealkylation sites (tertiary alicyclic amines) is 1. The second kappa shape index (κ2) is 8.85. The van der Waals surface area contributed by atoms with Gasteiger partial charge in [0.1, 0.15) is 5.75 Å². The molecule has 2 aromatic rings. The summed E-state index contributed by atoms with van der Waals surface area (Å²) in [6.45, 7) is 1.46. The van der Waals surface area contributed by atoms with Crippen molar-refractivity contribution in [2.75, 3.05) is 25.5 Å². The maximum absolute atomic E-state index is 12.4. The molecule has 0 radical (unpaired) electrons. The topological polar surface area (TPSA) is 58.6 Å². The van der Waals surface area contributed by atoms with Crippen molar-refractivity contribution in [2.45, 2.75) is 31.7 Å². The number of ketones is 1. The Kier molecular flexibility index (Phi) is 6.28. The van der Waals surface area contributed by atoms with Gasteiger partial charge < -0.3 is 15.0 Å². The van der Waals surface area contributed by atoms with Crippen molar-refractivity contribution < 1.29 is 14.3 Å². The van der Waals surface area contributed by atoms with Gasteiger partial charge in [0.15, 0.2) is 5.78 Å². The molecule has 0 atom stereocenters. The molecule has 3 rings (SSSR count). The van der Waals surface area contributed by atoms with Crippen LogP contribution in [0.1, 0.15) is 35.4 Å². The van der Waals surface area contributed by atoms with E-state index in [-0.39, 0.29) is 11.7 Å². The highest BCUT2D eigenvalue weighted by Crippen LogP contribution is 2.21. The van der Waals surface area contributed by atoms with Crippen LogP contribution in [0.3, 0.4) is 0 Å². The summed E-state index contributed by atoms with van der Waals surface area (Å²) in [4.78, 5) is 27.0. The summed E-state index contributed by atoms with van der Waals surface area (Å²) in [5.74, 6) is 0.968. The number of anilines is 1. The maximum Gasteiger partial charge on any atom is 0.223 e. The molecule has 26 heavy (non-hydrogen) atoms. The van der Waals surface area contributed by atoms with E-state index in [0.717, 1.165) is 42.2 Å². The molecule has 1 aromatic heterocycles. The van der Waals surface area contributed by atoms with E-state index in [4.69, 9.17) is 4.74 Å². The van der Waals surface area contributed by atoms with Crippen molar-refractivity contribution in [1.82, 2.24) is 4.90 Å². The third-order valence-electron chi connectivity index (χ3n) is 4.65. The van der Waals surface area contributed by atoms with Crippen LogP contribution >= 0.6 is 11.3 Å². The van der Waals surface area contributed by atoms with Gasteiger partial charge in [-0.1, -0.05) is 12.1 Å². The lowest BCUT2D eigenvalue weighted by molar-refractivity contribution is -0.132. The third kappa shape index (κ3) is 4.85. The summed E-state index contributed by atoms with van der Waals surface area (Å²) < 4.78 is 5.25. The largest absolute Gasteiger partial charge is 0.497 e. The van der Waals surface area contributed by atoms with Crippen molar-refractivity contribution in [3.8, 4) is 5.75 Å². The minimum Gasteiger partial charge on any atom is -0.497 e. The first-order valence-electron chi connectivity index (χ1n) is 8.91. The standard InChI is InChI=1S/C20H24N2O3S/c1-25-17-5-2-4-16(14-17)21-15-9-11-22(12-10-15)20(24)8-7-18(23)19-6-3-13-26-19/h2-6,13-15,21H,7-12H2,1H3. The highest BCUT2D eigenvalue weighted by atomic mass is 32.1. The Labute approximate surface area is 158 Å². The van der Waals surface area contributed by atoms with Crippen molar-refractivity contribution in [1.29, 1.82) is 0 Å². The zero-order valence-electron chi connectivity index (χ0n) is 14.9. The molecule has 5 nitrogen and oxygen atoms in total. The Morgan fingerprint density at radius 2 is 2.00 bits per heavy atom. The lowest BCUT2D eigenvalue weighted by atomic mass is 10.0. The van der Waals surface area contributed by atoms with Crippen LogP contribution in [0.25, 0.3) is 0 Å². The second-order valence-electron chi connectivity index (χ2n) is 6.43. The molecule has 2 heterocycles. The van der Waals surface area contributed by atoms with Crippen LogP contribution in [0.4, 0.5) is 5.69 Å². The first kappa shape index (κ1) is 18.5. The number of rotatable bonds is 7. The van der Waals surface area contributed by atoms with Crippen molar-refractivity contribution in [2.24, 2.45) is 0 Å². The predicted molar refractivity (Wildman–Crippen MR) is 104 cm³/mol. The van der Waals surface area contributed by atoms with Crippen LogP contribution in [0, 0.1) is 0 Å². The highest BCUT2D eigenvalue weighted by Gasteiger charge is 2.23. The molecule has 0 bridgehead atoms. The van der Waals surface area contributed by atoms with Gasteiger partial charge in [-0.2, -0.15) is 0 Å². The van der Waals surface area contributed by atoms with Gasteiger partial charge in [0, 0.05) is 43.7 Å². The molecule has 6 heteroatoms. The molecule has 0 aliphatic carbocycles. The molecular formula is C20H24N2O3S. The number of ether oxygens (including phenoxy) is 1. The zero-order valence-corrected chi connectivity index (χ0v) is 15.8. The van der Waals surface area contributed by atoms with Crippen LogP contribution in [0.2, 0.25) is 0 Å². The molecule has 0 unspecified atom stereocenters. The number of hydrogen-bond acceptors (Lipinski definition) is 5. The van der Waals surface area contributed by atoms with Crippen LogP contribution in [-0.4, -0.2) is 42.8 Å². The molecule has 1 N–H and O–H groups in total. The number of amides is 1. The maximum atomic E-state index is 12.4. The lowest BCUT2D eigenvalue weighted by Crippen LogP contribution is -2.42. The van der Waals surface area contributed by atoms with Gasteiger partial charge in [-0.15, -0.1) is 11.3 Å². The van der Waals surface area contributed by atoms with Crippen LogP contribution < -0.4 is 10.1 Å². The molecular weight excluding hydrogens is 348 g/mol. The quantitative estimate of drug-likeness (QED) is 0.751. The van der Waals surface area contributed by atoms with Gasteiger partial charge in [0.2, 0.25) is 5.91 Å². The monoisotopic (exact) mass is 372 g/mol. The number of nitrogens with one attached hydrogen (secondary N) is 1. The van der Waals surface area contributed by atoms with Gasteiger partial charge in [0.05, 0.1) is 12.0 Å². The number of thiophene rings is 1. The van der Waals surface area contributed by atoms with E-state index in [1.54, 1.807) is 7.11 Å². The van der Waals surface area contributed by atoms with Gasteiger partial charge in [-0.25, -0.2) is 0 Å².